The van der Waals surface area contributed by atoms with Crippen LogP contribution in [0.2, 0.25) is 0 Å². The van der Waals surface area contributed by atoms with Gasteiger partial charge in [-0.2, -0.15) is 0 Å². The molecule has 0 heterocycles. The average Bonchev–Trinajstić information content (AvgIpc) is 2.45. The van der Waals surface area contributed by atoms with Crippen LogP contribution in [0.3, 0.4) is 0 Å². The minimum absolute atomic E-state index is 0.262. The van der Waals surface area contributed by atoms with Gasteiger partial charge >= 0.3 is 0 Å². The molecule has 0 aromatic heterocycles. The van der Waals surface area contributed by atoms with Crippen molar-refractivity contribution < 1.29 is 14.2 Å². The number of ether oxygens (including phenoxy) is 3. The fourth-order valence-corrected chi connectivity index (χ4v) is 3.10. The second-order valence-corrected chi connectivity index (χ2v) is 5.74. The fourth-order valence-electron chi connectivity index (χ4n) is 2.55. The van der Waals surface area contributed by atoms with E-state index in [1.807, 2.05) is 0 Å². The summed E-state index contributed by atoms with van der Waals surface area (Å²) in [6, 6.07) is 0. The van der Waals surface area contributed by atoms with Crippen molar-refractivity contribution in [3.63, 3.8) is 0 Å². The Kier molecular flexibility index (Phi) is 12.4. The predicted molar refractivity (Wildman–Crippen MR) is 83.7 cm³/mol. The second-order valence-electron chi connectivity index (χ2n) is 4.95. The lowest BCUT2D eigenvalue weighted by molar-refractivity contribution is -0.379. The van der Waals surface area contributed by atoms with Gasteiger partial charge in [-0.3, -0.25) is 0 Å². The van der Waals surface area contributed by atoms with Crippen LogP contribution >= 0.6 is 15.9 Å². The van der Waals surface area contributed by atoms with Crippen LogP contribution in [0.15, 0.2) is 0 Å². The van der Waals surface area contributed by atoms with Gasteiger partial charge in [-0.1, -0.05) is 61.4 Å². The molecule has 0 aliphatic rings. The van der Waals surface area contributed by atoms with Crippen molar-refractivity contribution in [1.82, 2.24) is 0 Å². The fraction of sp³-hybridized carbons (Fsp3) is 1.00. The van der Waals surface area contributed by atoms with Gasteiger partial charge in [0, 0.05) is 32.6 Å². The molecule has 116 valence electrons. The highest BCUT2D eigenvalue weighted by Crippen LogP contribution is 2.31. The van der Waals surface area contributed by atoms with E-state index in [1.54, 1.807) is 21.3 Å². The van der Waals surface area contributed by atoms with Gasteiger partial charge < -0.3 is 14.2 Å². The van der Waals surface area contributed by atoms with Crippen molar-refractivity contribution in [3.05, 3.63) is 0 Å². The highest BCUT2D eigenvalue weighted by atomic mass is 79.9. The maximum atomic E-state index is 5.48. The molecule has 0 N–H and O–H groups in total. The second kappa shape index (κ2) is 12.1. The van der Waals surface area contributed by atoms with Crippen LogP contribution in [-0.2, 0) is 14.2 Å². The maximum absolute atomic E-state index is 5.48. The Balaban J connectivity index is 4.16. The number of unbranched alkanes of at least 4 members (excludes halogenated alkanes) is 5. The predicted octanol–water partition coefficient (Wildman–Crippen LogP) is 4.73. The molecule has 0 fully saturated rings. The van der Waals surface area contributed by atoms with Gasteiger partial charge in [-0.25, -0.2) is 0 Å². The number of rotatable bonds is 13. The molecule has 0 aromatic rings. The third-order valence-corrected chi connectivity index (χ3v) is 4.18. The highest BCUT2D eigenvalue weighted by molar-refractivity contribution is 9.09. The van der Waals surface area contributed by atoms with E-state index in [9.17, 15) is 0 Å². The Morgan fingerprint density at radius 1 is 0.842 bits per heavy atom. The first kappa shape index (κ1) is 19.4. The van der Waals surface area contributed by atoms with Crippen molar-refractivity contribution >= 4 is 15.9 Å². The molecule has 3 nitrogen and oxygen atoms in total. The Bertz CT molecular complexity index is 188. The van der Waals surface area contributed by atoms with Crippen molar-refractivity contribution in [2.75, 3.05) is 26.7 Å². The minimum atomic E-state index is -0.892. The molecule has 0 bridgehead atoms. The first-order chi connectivity index (χ1) is 9.20. The molecular weight excluding hydrogens is 308 g/mol. The zero-order valence-electron chi connectivity index (χ0n) is 13.0. The van der Waals surface area contributed by atoms with E-state index in [4.69, 9.17) is 14.2 Å². The Labute approximate surface area is 127 Å². The monoisotopic (exact) mass is 338 g/mol. The third-order valence-electron chi connectivity index (χ3n) is 3.72. The number of hydrogen-bond acceptors (Lipinski definition) is 3. The van der Waals surface area contributed by atoms with Gasteiger partial charge in [0.1, 0.15) is 0 Å². The van der Waals surface area contributed by atoms with E-state index in [0.29, 0.717) is 0 Å². The molecule has 0 rings (SSSR count). The first-order valence-corrected chi connectivity index (χ1v) is 8.54. The molecule has 1 unspecified atom stereocenters. The summed E-state index contributed by atoms with van der Waals surface area (Å²) in [5, 5.41) is 0.936. The maximum Gasteiger partial charge on any atom is 0.285 e. The molecule has 0 spiro atoms. The standard InChI is InChI=1S/C15H31BrO3/c1-5-6-7-8-9-10-11-14(12-13-16)15(17-2,18-3)19-4/h14H,5-13H2,1-4H3. The van der Waals surface area contributed by atoms with Gasteiger partial charge in [-0.05, 0) is 12.8 Å². The van der Waals surface area contributed by atoms with E-state index < -0.39 is 5.97 Å². The molecule has 0 aliphatic heterocycles. The molecule has 0 saturated carbocycles. The SMILES string of the molecule is CCCCCCCCC(CCBr)C(OC)(OC)OC. The summed E-state index contributed by atoms with van der Waals surface area (Å²) in [6.45, 7) is 2.25. The molecule has 19 heavy (non-hydrogen) atoms. The van der Waals surface area contributed by atoms with Crippen LogP contribution in [0.25, 0.3) is 0 Å². The summed E-state index contributed by atoms with van der Waals surface area (Å²) in [7, 11) is 4.94. The first-order valence-electron chi connectivity index (χ1n) is 7.42. The number of halogens is 1. The van der Waals surface area contributed by atoms with Crippen LogP contribution < -0.4 is 0 Å². The summed E-state index contributed by atoms with van der Waals surface area (Å²) in [6.07, 6.45) is 9.89. The van der Waals surface area contributed by atoms with E-state index in [2.05, 4.69) is 22.9 Å². The van der Waals surface area contributed by atoms with Crippen molar-refractivity contribution in [2.45, 2.75) is 64.3 Å². The molecule has 4 heteroatoms. The molecular formula is C15H31BrO3. The number of hydrogen-bond donors (Lipinski definition) is 0. The van der Waals surface area contributed by atoms with Crippen molar-refractivity contribution in [3.8, 4) is 0 Å². The van der Waals surface area contributed by atoms with Gasteiger partial charge in [0.15, 0.2) is 0 Å². The Morgan fingerprint density at radius 2 is 1.37 bits per heavy atom. The van der Waals surface area contributed by atoms with Crippen LogP contribution in [-0.4, -0.2) is 32.6 Å². The van der Waals surface area contributed by atoms with Gasteiger partial charge in [0.25, 0.3) is 5.97 Å². The van der Waals surface area contributed by atoms with Crippen molar-refractivity contribution in [1.29, 1.82) is 0 Å². The molecule has 0 aliphatic carbocycles. The van der Waals surface area contributed by atoms with E-state index in [0.717, 1.165) is 18.2 Å². The highest BCUT2D eigenvalue weighted by Gasteiger charge is 2.39. The smallest absolute Gasteiger partial charge is 0.285 e. The molecule has 0 amide bonds. The lowest BCUT2D eigenvalue weighted by Crippen LogP contribution is -2.44. The summed E-state index contributed by atoms with van der Waals surface area (Å²) in [5.74, 6) is -0.630. The van der Waals surface area contributed by atoms with Crippen LogP contribution in [0.4, 0.5) is 0 Å². The average molecular weight is 339 g/mol. The van der Waals surface area contributed by atoms with E-state index in [-0.39, 0.29) is 5.92 Å². The number of alkyl halides is 1. The molecule has 0 radical (unpaired) electrons. The third kappa shape index (κ3) is 7.07. The summed E-state index contributed by atoms with van der Waals surface area (Å²) < 4.78 is 16.4. The van der Waals surface area contributed by atoms with Gasteiger partial charge in [0.2, 0.25) is 0 Å². The minimum Gasteiger partial charge on any atom is -0.331 e. The van der Waals surface area contributed by atoms with Gasteiger partial charge in [-0.15, -0.1) is 0 Å². The largest absolute Gasteiger partial charge is 0.331 e. The van der Waals surface area contributed by atoms with E-state index >= 15 is 0 Å². The van der Waals surface area contributed by atoms with Gasteiger partial charge in [0.05, 0.1) is 0 Å². The Hall–Kier alpha value is 0.360. The lowest BCUT2D eigenvalue weighted by atomic mass is 9.95. The number of methoxy groups -OCH3 is 3. The van der Waals surface area contributed by atoms with Crippen molar-refractivity contribution in [2.24, 2.45) is 5.92 Å². The zero-order valence-corrected chi connectivity index (χ0v) is 14.6. The topological polar surface area (TPSA) is 27.7 Å². The normalized spacial score (nSPS) is 13.7. The summed E-state index contributed by atoms with van der Waals surface area (Å²) >= 11 is 3.51. The quantitative estimate of drug-likeness (QED) is 0.276. The van der Waals surface area contributed by atoms with Crippen LogP contribution in [0, 0.1) is 5.92 Å². The Morgan fingerprint density at radius 3 is 1.84 bits per heavy atom. The van der Waals surface area contributed by atoms with Crippen LogP contribution in [0.1, 0.15) is 58.3 Å². The molecule has 0 aromatic carbocycles. The zero-order chi connectivity index (χ0) is 14.6. The molecule has 1 atom stereocenters. The summed E-state index contributed by atoms with van der Waals surface area (Å²) in [4.78, 5) is 0. The summed E-state index contributed by atoms with van der Waals surface area (Å²) in [5.41, 5.74) is 0. The molecule has 0 saturated heterocycles. The lowest BCUT2D eigenvalue weighted by Gasteiger charge is -2.36. The van der Waals surface area contributed by atoms with E-state index in [1.165, 1.54) is 38.5 Å². The van der Waals surface area contributed by atoms with Crippen LogP contribution in [0.5, 0.6) is 0 Å².